The minimum atomic E-state index is -4.60. The molecule has 0 atom stereocenters. The van der Waals surface area contributed by atoms with Crippen LogP contribution in [-0.2, 0) is 30.1 Å². The summed E-state index contributed by atoms with van der Waals surface area (Å²) in [6, 6.07) is 6.86. The van der Waals surface area contributed by atoms with Gasteiger partial charge in [-0.2, -0.15) is 21.9 Å². The zero-order chi connectivity index (χ0) is 22.0. The highest BCUT2D eigenvalue weighted by molar-refractivity contribution is 7.93. The van der Waals surface area contributed by atoms with Crippen LogP contribution < -0.4 is 11.5 Å². The highest BCUT2D eigenvalue weighted by Crippen LogP contribution is 2.32. The normalized spacial score (nSPS) is 13.0. The molecule has 2 aromatic carbocycles. The first kappa shape index (κ1) is 22.7. The Morgan fingerprint density at radius 3 is 1.90 bits per heavy atom. The molecule has 0 saturated carbocycles. The predicted molar refractivity (Wildman–Crippen MR) is 104 cm³/mol. The van der Waals surface area contributed by atoms with E-state index in [1.807, 2.05) is 0 Å². The van der Waals surface area contributed by atoms with E-state index in [-0.39, 0.29) is 27.6 Å². The number of sulfone groups is 1. The van der Waals surface area contributed by atoms with Crippen molar-refractivity contribution < 1.29 is 34.4 Å². The second-order valence-corrected chi connectivity index (χ2v) is 10.8. The molecule has 12 nitrogen and oxygen atoms in total. The van der Waals surface area contributed by atoms with Crippen LogP contribution in [0, 0.1) is 0 Å². The van der Waals surface area contributed by atoms with Gasteiger partial charge in [0, 0.05) is 0 Å². The summed E-state index contributed by atoms with van der Waals surface area (Å²) in [6.07, 6.45) is 0. The van der Waals surface area contributed by atoms with Gasteiger partial charge >= 0.3 is 0 Å². The van der Waals surface area contributed by atoms with Gasteiger partial charge in [-0.1, -0.05) is 0 Å². The van der Waals surface area contributed by atoms with Gasteiger partial charge in [0.2, 0.25) is 0 Å². The molecular formula is C14H16N4O8S3. The van der Waals surface area contributed by atoms with E-state index in [1.54, 1.807) is 0 Å². The molecule has 0 bridgehead atoms. The van der Waals surface area contributed by atoms with Gasteiger partial charge in [0.15, 0.2) is 9.84 Å². The lowest BCUT2D eigenvalue weighted by Gasteiger charge is -2.06. The van der Waals surface area contributed by atoms with Gasteiger partial charge in [-0.25, -0.2) is 8.42 Å². The van der Waals surface area contributed by atoms with E-state index < -0.39 is 46.5 Å². The average molecular weight is 465 g/mol. The molecule has 0 heterocycles. The predicted octanol–water partition coefficient (Wildman–Crippen LogP) is 1.17. The fourth-order valence-corrected chi connectivity index (χ4v) is 5.20. The number of hydrogen-bond acceptors (Lipinski definition) is 10. The smallest absolute Gasteiger partial charge is 0.296 e. The second-order valence-electron chi connectivity index (χ2n) is 5.72. The minimum absolute atomic E-state index is 0.0111. The van der Waals surface area contributed by atoms with E-state index in [4.69, 9.17) is 20.6 Å². The number of nitrogen functional groups attached to an aromatic ring is 2. The Morgan fingerprint density at radius 2 is 1.38 bits per heavy atom. The van der Waals surface area contributed by atoms with Crippen LogP contribution in [0.25, 0.3) is 0 Å². The summed E-state index contributed by atoms with van der Waals surface area (Å²) in [4.78, 5) is -0.790. The van der Waals surface area contributed by atoms with Gasteiger partial charge in [0.1, 0.15) is 10.6 Å². The fraction of sp³-hybridized carbons (Fsp3) is 0.143. The summed E-state index contributed by atoms with van der Waals surface area (Å²) in [7, 11) is -13.0. The lowest BCUT2D eigenvalue weighted by molar-refractivity contribution is 0.481. The monoisotopic (exact) mass is 464 g/mol. The van der Waals surface area contributed by atoms with Crippen molar-refractivity contribution in [1.82, 2.24) is 0 Å². The Balaban J connectivity index is 2.27. The third-order valence-corrected chi connectivity index (χ3v) is 7.14. The molecule has 15 heteroatoms. The molecule has 0 fully saturated rings. The van der Waals surface area contributed by atoms with E-state index in [9.17, 15) is 25.3 Å². The van der Waals surface area contributed by atoms with Crippen molar-refractivity contribution >= 4 is 52.8 Å². The van der Waals surface area contributed by atoms with E-state index in [1.165, 1.54) is 12.1 Å². The second kappa shape index (κ2) is 8.03. The number of anilines is 2. The standard InChI is InChI=1S/C14H16N4O8S3/c15-11-7-12(16)14(29(24,25)26)8-13(11)18-17-9-1-3-10(4-2-9)27(19,20)5-6-28(21,22)23/h1-4,7-8H,5-6,15-16H2,(H,21,22,23)(H,24,25,26). The molecule has 2 aromatic rings. The zero-order valence-corrected chi connectivity index (χ0v) is 16.9. The SMILES string of the molecule is Nc1cc(N)c(S(=O)(=O)O)cc1N=Nc1ccc(S(=O)(=O)CCS(=O)(=O)O)cc1. The van der Waals surface area contributed by atoms with Crippen molar-refractivity contribution in [2.24, 2.45) is 10.2 Å². The first-order valence-corrected chi connectivity index (χ1v) is 12.3. The summed E-state index contributed by atoms with van der Waals surface area (Å²) in [6.45, 7) is 0. The van der Waals surface area contributed by atoms with Crippen molar-refractivity contribution in [2.45, 2.75) is 9.79 Å². The highest BCUT2D eigenvalue weighted by Gasteiger charge is 2.19. The highest BCUT2D eigenvalue weighted by atomic mass is 32.2. The topological polar surface area (TPSA) is 220 Å². The zero-order valence-electron chi connectivity index (χ0n) is 14.5. The van der Waals surface area contributed by atoms with Gasteiger partial charge in [0.25, 0.3) is 20.2 Å². The first-order chi connectivity index (χ1) is 13.2. The third-order valence-electron chi connectivity index (χ3n) is 3.52. The number of benzene rings is 2. The van der Waals surface area contributed by atoms with E-state index in [0.29, 0.717) is 0 Å². The summed E-state index contributed by atoms with van der Waals surface area (Å²) in [5, 5.41) is 7.55. The molecule has 0 radical (unpaired) electrons. The van der Waals surface area contributed by atoms with Crippen LogP contribution in [0.15, 0.2) is 56.4 Å². The molecule has 0 amide bonds. The van der Waals surface area contributed by atoms with Crippen LogP contribution in [0.4, 0.5) is 22.7 Å². The van der Waals surface area contributed by atoms with Gasteiger partial charge in [-0.15, -0.1) is 5.11 Å². The maximum absolute atomic E-state index is 12.0. The van der Waals surface area contributed by atoms with Crippen LogP contribution >= 0.6 is 0 Å². The number of nitrogens with zero attached hydrogens (tertiary/aromatic N) is 2. The lowest BCUT2D eigenvalue weighted by atomic mass is 10.2. The molecule has 158 valence electrons. The van der Waals surface area contributed by atoms with Crippen molar-refractivity contribution in [3.8, 4) is 0 Å². The third kappa shape index (κ3) is 6.20. The fourth-order valence-electron chi connectivity index (χ4n) is 2.08. The maximum Gasteiger partial charge on any atom is 0.296 e. The van der Waals surface area contributed by atoms with Crippen LogP contribution in [0.1, 0.15) is 0 Å². The molecule has 2 rings (SSSR count). The van der Waals surface area contributed by atoms with Gasteiger partial charge in [-0.05, 0) is 36.4 Å². The number of nitrogens with two attached hydrogens (primary N) is 2. The summed E-state index contributed by atoms with van der Waals surface area (Å²) in [5.41, 5.74) is 11.0. The van der Waals surface area contributed by atoms with Crippen molar-refractivity contribution in [1.29, 1.82) is 0 Å². The molecule has 0 aliphatic rings. The van der Waals surface area contributed by atoms with Crippen LogP contribution in [0.5, 0.6) is 0 Å². The molecule has 0 aromatic heterocycles. The van der Waals surface area contributed by atoms with Crippen molar-refractivity contribution in [2.75, 3.05) is 23.0 Å². The molecular weight excluding hydrogens is 448 g/mol. The van der Waals surface area contributed by atoms with E-state index >= 15 is 0 Å². The van der Waals surface area contributed by atoms with Crippen LogP contribution in [0.3, 0.4) is 0 Å². The number of hydrogen-bond donors (Lipinski definition) is 4. The maximum atomic E-state index is 12.0. The minimum Gasteiger partial charge on any atom is -0.398 e. The summed E-state index contributed by atoms with van der Waals surface area (Å²) in [5.74, 6) is -1.74. The van der Waals surface area contributed by atoms with E-state index in [2.05, 4.69) is 10.2 Å². The number of rotatable bonds is 7. The van der Waals surface area contributed by atoms with Crippen LogP contribution in [0.2, 0.25) is 0 Å². The molecule has 0 aliphatic heterocycles. The quantitative estimate of drug-likeness (QED) is 0.260. The van der Waals surface area contributed by atoms with Crippen molar-refractivity contribution in [3.63, 3.8) is 0 Å². The molecule has 0 spiro atoms. The molecule has 29 heavy (non-hydrogen) atoms. The van der Waals surface area contributed by atoms with Crippen molar-refractivity contribution in [3.05, 3.63) is 36.4 Å². The average Bonchev–Trinajstić information content (AvgIpc) is 2.58. The Morgan fingerprint density at radius 1 is 0.793 bits per heavy atom. The molecule has 6 N–H and O–H groups in total. The first-order valence-electron chi connectivity index (χ1n) is 7.55. The summed E-state index contributed by atoms with van der Waals surface area (Å²) >= 11 is 0. The number of azo groups is 1. The lowest BCUT2D eigenvalue weighted by Crippen LogP contribution is -2.16. The Labute approximate surface area is 166 Å². The Bertz CT molecular complexity index is 1270. The van der Waals surface area contributed by atoms with Gasteiger partial charge in [0.05, 0.1) is 33.5 Å². The molecule has 0 saturated heterocycles. The molecule has 0 unspecified atom stereocenters. The largest absolute Gasteiger partial charge is 0.398 e. The summed E-state index contributed by atoms with van der Waals surface area (Å²) < 4.78 is 85.9. The van der Waals surface area contributed by atoms with Crippen LogP contribution in [-0.4, -0.2) is 45.9 Å². The van der Waals surface area contributed by atoms with Gasteiger partial charge in [-0.3, -0.25) is 9.11 Å². The van der Waals surface area contributed by atoms with Gasteiger partial charge < -0.3 is 11.5 Å². The Hall–Kier alpha value is -2.59. The molecule has 0 aliphatic carbocycles. The van der Waals surface area contributed by atoms with E-state index in [0.717, 1.165) is 24.3 Å². The Kier molecular flexibility index (Phi) is 6.29.